The van der Waals surface area contributed by atoms with Gasteiger partial charge in [-0.1, -0.05) is 18.2 Å². The lowest BCUT2D eigenvalue weighted by Gasteiger charge is -2.09. The Morgan fingerprint density at radius 3 is 2.88 bits per heavy atom. The van der Waals surface area contributed by atoms with Gasteiger partial charge in [-0.2, -0.15) is 0 Å². The van der Waals surface area contributed by atoms with Gasteiger partial charge in [0.2, 0.25) is 0 Å². The Morgan fingerprint density at radius 2 is 2.04 bits per heavy atom. The van der Waals surface area contributed by atoms with Crippen molar-refractivity contribution in [2.24, 2.45) is 0 Å². The van der Waals surface area contributed by atoms with E-state index in [0.717, 1.165) is 36.5 Å². The van der Waals surface area contributed by atoms with E-state index in [2.05, 4.69) is 10.3 Å². The molecule has 3 aromatic rings. The standard InChI is InChI=1S/C19H17N3O2/c1-12-5-2-3-6-15(12)21-18(23)13-8-9-14-16(11-13)20-17-7-4-10-22(17)19(14)24/h2-3,5-6,8-9,11H,4,7,10H2,1H3,(H,21,23). The Morgan fingerprint density at radius 1 is 1.21 bits per heavy atom. The van der Waals surface area contributed by atoms with Gasteiger partial charge in [0.1, 0.15) is 5.82 Å². The van der Waals surface area contributed by atoms with Gasteiger partial charge in [-0.15, -0.1) is 0 Å². The van der Waals surface area contributed by atoms with Crippen molar-refractivity contribution in [1.29, 1.82) is 0 Å². The molecule has 5 nitrogen and oxygen atoms in total. The van der Waals surface area contributed by atoms with Gasteiger partial charge in [-0.05, 0) is 43.2 Å². The number of hydrogen-bond donors (Lipinski definition) is 1. The van der Waals surface area contributed by atoms with Crippen LogP contribution in [-0.2, 0) is 13.0 Å². The molecule has 1 aliphatic heterocycles. The van der Waals surface area contributed by atoms with Gasteiger partial charge in [0.05, 0.1) is 10.9 Å². The lowest BCUT2D eigenvalue weighted by Crippen LogP contribution is -2.21. The molecule has 0 radical (unpaired) electrons. The third kappa shape index (κ3) is 2.38. The maximum absolute atomic E-state index is 12.5. The van der Waals surface area contributed by atoms with E-state index >= 15 is 0 Å². The quantitative estimate of drug-likeness (QED) is 0.790. The smallest absolute Gasteiger partial charge is 0.261 e. The molecule has 0 bridgehead atoms. The monoisotopic (exact) mass is 319 g/mol. The number of anilines is 1. The number of nitrogens with one attached hydrogen (secondary N) is 1. The van der Waals surface area contributed by atoms with Crippen molar-refractivity contribution >= 4 is 22.5 Å². The second-order valence-corrected chi connectivity index (χ2v) is 6.09. The van der Waals surface area contributed by atoms with Crippen molar-refractivity contribution in [2.75, 3.05) is 5.32 Å². The van der Waals surface area contributed by atoms with Crippen LogP contribution in [0.5, 0.6) is 0 Å². The Kier molecular flexibility index (Phi) is 3.41. The summed E-state index contributed by atoms with van der Waals surface area (Å²) in [5.41, 5.74) is 2.86. The maximum Gasteiger partial charge on any atom is 0.261 e. The number of aromatic nitrogens is 2. The first-order valence-electron chi connectivity index (χ1n) is 8.04. The van der Waals surface area contributed by atoms with E-state index in [1.165, 1.54) is 0 Å². The minimum atomic E-state index is -0.200. The van der Waals surface area contributed by atoms with Crippen molar-refractivity contribution in [1.82, 2.24) is 9.55 Å². The van der Waals surface area contributed by atoms with E-state index < -0.39 is 0 Å². The van der Waals surface area contributed by atoms with Crippen LogP contribution >= 0.6 is 0 Å². The molecule has 1 N–H and O–H groups in total. The van der Waals surface area contributed by atoms with Crippen molar-refractivity contribution in [3.63, 3.8) is 0 Å². The zero-order chi connectivity index (χ0) is 16.7. The van der Waals surface area contributed by atoms with Crippen molar-refractivity contribution in [2.45, 2.75) is 26.3 Å². The number of amides is 1. The summed E-state index contributed by atoms with van der Waals surface area (Å²) in [4.78, 5) is 29.5. The second-order valence-electron chi connectivity index (χ2n) is 6.09. The average Bonchev–Trinajstić information content (AvgIpc) is 3.05. The zero-order valence-electron chi connectivity index (χ0n) is 13.4. The average molecular weight is 319 g/mol. The molecule has 5 heteroatoms. The van der Waals surface area contributed by atoms with Gasteiger partial charge in [0.25, 0.3) is 11.5 Å². The number of carbonyl (C=O) groups excluding carboxylic acids is 1. The fourth-order valence-corrected chi connectivity index (χ4v) is 3.13. The summed E-state index contributed by atoms with van der Waals surface area (Å²) < 4.78 is 1.73. The Balaban J connectivity index is 1.73. The van der Waals surface area contributed by atoms with Gasteiger partial charge < -0.3 is 5.32 Å². The highest BCUT2D eigenvalue weighted by Gasteiger charge is 2.17. The van der Waals surface area contributed by atoms with Gasteiger partial charge in [-0.25, -0.2) is 4.98 Å². The second kappa shape index (κ2) is 5.60. The fourth-order valence-electron chi connectivity index (χ4n) is 3.13. The molecular formula is C19H17N3O2. The normalized spacial score (nSPS) is 13.0. The number of benzene rings is 2. The maximum atomic E-state index is 12.5. The molecule has 0 aliphatic carbocycles. The van der Waals surface area contributed by atoms with Gasteiger partial charge in [0, 0.05) is 24.2 Å². The van der Waals surface area contributed by atoms with E-state index in [4.69, 9.17) is 0 Å². The molecule has 0 saturated carbocycles. The molecule has 2 heterocycles. The summed E-state index contributed by atoms with van der Waals surface area (Å²) in [5, 5.41) is 3.47. The van der Waals surface area contributed by atoms with E-state index in [1.54, 1.807) is 22.8 Å². The first-order chi connectivity index (χ1) is 11.6. The molecule has 0 spiro atoms. The Bertz CT molecular complexity index is 1020. The Hall–Kier alpha value is -2.95. The zero-order valence-corrected chi connectivity index (χ0v) is 13.4. The molecule has 1 aliphatic rings. The largest absolute Gasteiger partial charge is 0.322 e. The van der Waals surface area contributed by atoms with Crippen LogP contribution in [0, 0.1) is 6.92 Å². The molecule has 0 fully saturated rings. The minimum Gasteiger partial charge on any atom is -0.322 e. The number of hydrogen-bond acceptors (Lipinski definition) is 3. The van der Waals surface area contributed by atoms with E-state index in [-0.39, 0.29) is 11.5 Å². The summed E-state index contributed by atoms with van der Waals surface area (Å²) >= 11 is 0. The third-order valence-corrected chi connectivity index (χ3v) is 4.47. The number of nitrogens with zero attached hydrogens (tertiary/aromatic N) is 2. The summed E-state index contributed by atoms with van der Waals surface area (Å²) in [6, 6.07) is 12.7. The summed E-state index contributed by atoms with van der Waals surface area (Å²) in [6.07, 6.45) is 1.75. The van der Waals surface area contributed by atoms with Crippen molar-refractivity contribution in [3.05, 3.63) is 69.8 Å². The summed E-state index contributed by atoms with van der Waals surface area (Å²) in [5.74, 6) is 0.609. The lowest BCUT2D eigenvalue weighted by molar-refractivity contribution is 0.102. The Labute approximate surface area is 139 Å². The van der Waals surface area contributed by atoms with E-state index in [9.17, 15) is 9.59 Å². The van der Waals surface area contributed by atoms with Gasteiger partial charge in [-0.3, -0.25) is 14.2 Å². The van der Waals surface area contributed by atoms with Crippen LogP contribution in [0.2, 0.25) is 0 Å². The molecule has 0 atom stereocenters. The number of aryl methyl sites for hydroxylation is 2. The molecule has 1 amide bonds. The van der Waals surface area contributed by atoms with E-state index in [0.29, 0.717) is 16.5 Å². The SMILES string of the molecule is Cc1ccccc1NC(=O)c1ccc2c(=O)n3c(nc2c1)CCC3. The highest BCUT2D eigenvalue weighted by atomic mass is 16.1. The molecule has 120 valence electrons. The molecule has 0 unspecified atom stereocenters. The van der Waals surface area contributed by atoms with E-state index in [1.807, 2.05) is 31.2 Å². The fraction of sp³-hybridized carbons (Fsp3) is 0.211. The molecule has 0 saturated heterocycles. The van der Waals surface area contributed by atoms with Gasteiger partial charge >= 0.3 is 0 Å². The number of rotatable bonds is 2. The number of carbonyl (C=O) groups is 1. The van der Waals surface area contributed by atoms with Crippen LogP contribution in [0.1, 0.15) is 28.2 Å². The minimum absolute atomic E-state index is 0.0154. The van der Waals surface area contributed by atoms with Crippen LogP contribution in [-0.4, -0.2) is 15.5 Å². The first-order valence-corrected chi connectivity index (χ1v) is 8.04. The van der Waals surface area contributed by atoms with Crippen LogP contribution in [0.3, 0.4) is 0 Å². The third-order valence-electron chi connectivity index (χ3n) is 4.47. The van der Waals surface area contributed by atoms with Crippen LogP contribution < -0.4 is 10.9 Å². The van der Waals surface area contributed by atoms with Crippen LogP contribution in [0.4, 0.5) is 5.69 Å². The molecule has 4 rings (SSSR count). The molecular weight excluding hydrogens is 302 g/mol. The number of para-hydroxylation sites is 1. The predicted octanol–water partition coefficient (Wildman–Crippen LogP) is 2.90. The number of fused-ring (bicyclic) bond motifs is 2. The predicted molar refractivity (Wildman–Crippen MR) is 93.5 cm³/mol. The van der Waals surface area contributed by atoms with Crippen LogP contribution in [0.25, 0.3) is 10.9 Å². The molecule has 24 heavy (non-hydrogen) atoms. The van der Waals surface area contributed by atoms with Gasteiger partial charge in [0.15, 0.2) is 0 Å². The highest BCUT2D eigenvalue weighted by Crippen LogP contribution is 2.18. The summed E-state index contributed by atoms with van der Waals surface area (Å²) in [6.45, 7) is 2.68. The van der Waals surface area contributed by atoms with Crippen LogP contribution in [0.15, 0.2) is 47.3 Å². The molecule has 2 aromatic carbocycles. The summed E-state index contributed by atoms with van der Waals surface area (Å²) in [7, 11) is 0. The van der Waals surface area contributed by atoms with Crippen molar-refractivity contribution in [3.8, 4) is 0 Å². The highest BCUT2D eigenvalue weighted by molar-refractivity contribution is 6.06. The van der Waals surface area contributed by atoms with Crippen molar-refractivity contribution < 1.29 is 4.79 Å². The lowest BCUT2D eigenvalue weighted by atomic mass is 10.1. The molecule has 1 aromatic heterocycles. The topological polar surface area (TPSA) is 64.0 Å². The first kappa shape index (κ1) is 14.6.